The smallest absolute Gasteiger partial charge is 0.404 e. The third-order valence-electron chi connectivity index (χ3n) is 3.57. The molecule has 2 rings (SSSR count). The summed E-state index contributed by atoms with van der Waals surface area (Å²) in [5.74, 6) is -0.0908. The van der Waals surface area contributed by atoms with Gasteiger partial charge in [0, 0.05) is 25.2 Å². The van der Waals surface area contributed by atoms with Crippen LogP contribution in [0.5, 0.6) is 0 Å². The Morgan fingerprint density at radius 3 is 2.38 bits per heavy atom. The fourth-order valence-electron chi connectivity index (χ4n) is 2.39. The lowest BCUT2D eigenvalue weighted by Crippen LogP contribution is -2.33. The number of carboxylic acid groups (broad SMARTS) is 1. The van der Waals surface area contributed by atoms with Gasteiger partial charge < -0.3 is 20.6 Å². The van der Waals surface area contributed by atoms with E-state index in [0.29, 0.717) is 12.1 Å². The monoisotopic (exact) mass is 291 g/mol. The fraction of sp³-hybridized carbons (Fsp3) is 0.467. The van der Waals surface area contributed by atoms with Gasteiger partial charge in [0.15, 0.2) is 0 Å². The van der Waals surface area contributed by atoms with Crippen molar-refractivity contribution < 1.29 is 14.7 Å². The summed E-state index contributed by atoms with van der Waals surface area (Å²) in [4.78, 5) is 24.7. The maximum atomic E-state index is 12.0. The number of nitrogens with one attached hydrogen (secondary N) is 2. The topological polar surface area (TPSA) is 81.7 Å². The van der Waals surface area contributed by atoms with E-state index in [-0.39, 0.29) is 12.5 Å². The highest BCUT2D eigenvalue weighted by molar-refractivity contribution is 5.94. The summed E-state index contributed by atoms with van der Waals surface area (Å²) < 4.78 is 0. The number of carbonyl (C=O) groups excluding carboxylic acids is 1. The molecule has 1 aromatic carbocycles. The average molecular weight is 291 g/mol. The van der Waals surface area contributed by atoms with Crippen molar-refractivity contribution in [2.75, 3.05) is 26.2 Å². The van der Waals surface area contributed by atoms with Crippen LogP contribution in [0.2, 0.25) is 0 Å². The summed E-state index contributed by atoms with van der Waals surface area (Å²) in [6.07, 6.45) is 1.44. The van der Waals surface area contributed by atoms with Crippen molar-refractivity contribution in [3.05, 3.63) is 35.4 Å². The molecule has 1 heterocycles. The second kappa shape index (κ2) is 7.64. The second-order valence-electron chi connectivity index (χ2n) is 5.16. The highest BCUT2D eigenvalue weighted by Gasteiger charge is 2.11. The Morgan fingerprint density at radius 2 is 1.76 bits per heavy atom. The molecular weight excluding hydrogens is 270 g/mol. The minimum Gasteiger partial charge on any atom is -0.465 e. The molecule has 3 N–H and O–H groups in total. The Kier molecular flexibility index (Phi) is 5.57. The predicted molar refractivity (Wildman–Crippen MR) is 79.3 cm³/mol. The average Bonchev–Trinajstić information content (AvgIpc) is 2.99. The molecule has 0 aliphatic carbocycles. The van der Waals surface area contributed by atoms with Gasteiger partial charge in [0.2, 0.25) is 0 Å². The summed E-state index contributed by atoms with van der Waals surface area (Å²) in [5, 5.41) is 13.7. The van der Waals surface area contributed by atoms with Crippen molar-refractivity contribution in [2.24, 2.45) is 0 Å². The molecule has 1 aliphatic rings. The van der Waals surface area contributed by atoms with Gasteiger partial charge in [-0.3, -0.25) is 4.79 Å². The van der Waals surface area contributed by atoms with Crippen LogP contribution >= 0.6 is 0 Å². The number of amides is 2. The molecule has 0 radical (unpaired) electrons. The van der Waals surface area contributed by atoms with E-state index in [1.807, 2.05) is 0 Å². The molecule has 21 heavy (non-hydrogen) atoms. The molecule has 0 aromatic heterocycles. The zero-order chi connectivity index (χ0) is 15.1. The molecule has 6 heteroatoms. The summed E-state index contributed by atoms with van der Waals surface area (Å²) in [6.45, 7) is 4.04. The van der Waals surface area contributed by atoms with Crippen LogP contribution in [0.25, 0.3) is 0 Å². The van der Waals surface area contributed by atoms with Crippen molar-refractivity contribution >= 4 is 12.0 Å². The molecule has 0 atom stereocenters. The molecule has 2 amide bonds. The Labute approximate surface area is 124 Å². The molecule has 1 fully saturated rings. The highest BCUT2D eigenvalue weighted by Crippen LogP contribution is 2.06. The van der Waals surface area contributed by atoms with Crippen LogP contribution in [-0.2, 0) is 6.54 Å². The molecule has 0 saturated carbocycles. The zero-order valence-corrected chi connectivity index (χ0v) is 12.0. The number of carbonyl (C=O) groups is 2. The minimum atomic E-state index is -1.06. The van der Waals surface area contributed by atoms with Gasteiger partial charge in [-0.2, -0.15) is 0 Å². The first kappa shape index (κ1) is 15.3. The molecule has 0 unspecified atom stereocenters. The lowest BCUT2D eigenvalue weighted by molar-refractivity contribution is 0.0949. The molecule has 1 aliphatic heterocycles. The standard InChI is InChI=1S/C15H21N3O3/c19-14(16-7-10-18-8-1-2-9-18)13-5-3-12(4-6-13)11-17-15(20)21/h3-6,17H,1-2,7-11H2,(H,16,19)(H,20,21). The molecule has 1 saturated heterocycles. The number of nitrogens with zero attached hydrogens (tertiary/aromatic N) is 1. The molecule has 0 spiro atoms. The molecule has 6 nitrogen and oxygen atoms in total. The van der Waals surface area contributed by atoms with Crippen LogP contribution in [0.15, 0.2) is 24.3 Å². The summed E-state index contributed by atoms with van der Waals surface area (Å²) in [6, 6.07) is 6.94. The summed E-state index contributed by atoms with van der Waals surface area (Å²) in [7, 11) is 0. The third kappa shape index (κ3) is 5.07. The minimum absolute atomic E-state index is 0.0908. The van der Waals surface area contributed by atoms with Crippen molar-refractivity contribution in [3.63, 3.8) is 0 Å². The maximum Gasteiger partial charge on any atom is 0.404 e. The van der Waals surface area contributed by atoms with Gasteiger partial charge >= 0.3 is 6.09 Å². The van der Waals surface area contributed by atoms with Crippen molar-refractivity contribution in [3.8, 4) is 0 Å². The Balaban J connectivity index is 1.75. The molecule has 0 bridgehead atoms. The number of benzene rings is 1. The van der Waals surface area contributed by atoms with E-state index >= 15 is 0 Å². The number of rotatable bonds is 6. The predicted octanol–water partition coefficient (Wildman–Crippen LogP) is 1.28. The quantitative estimate of drug-likeness (QED) is 0.737. The van der Waals surface area contributed by atoms with E-state index in [2.05, 4.69) is 15.5 Å². The lowest BCUT2D eigenvalue weighted by atomic mass is 10.1. The van der Waals surface area contributed by atoms with E-state index < -0.39 is 6.09 Å². The largest absolute Gasteiger partial charge is 0.465 e. The van der Waals surface area contributed by atoms with Gasteiger partial charge in [-0.1, -0.05) is 12.1 Å². The summed E-state index contributed by atoms with van der Waals surface area (Å²) in [5.41, 5.74) is 1.42. The number of hydrogen-bond acceptors (Lipinski definition) is 3. The van der Waals surface area contributed by atoms with Gasteiger partial charge in [0.25, 0.3) is 5.91 Å². The Morgan fingerprint density at radius 1 is 1.10 bits per heavy atom. The van der Waals surface area contributed by atoms with Crippen LogP contribution in [0, 0.1) is 0 Å². The van der Waals surface area contributed by atoms with E-state index in [1.54, 1.807) is 24.3 Å². The normalized spacial score (nSPS) is 14.9. The van der Waals surface area contributed by atoms with Crippen molar-refractivity contribution in [1.29, 1.82) is 0 Å². The van der Waals surface area contributed by atoms with Crippen LogP contribution in [0.3, 0.4) is 0 Å². The van der Waals surface area contributed by atoms with Crippen LogP contribution < -0.4 is 10.6 Å². The Hall–Kier alpha value is -2.08. The van der Waals surface area contributed by atoms with Crippen LogP contribution in [0.4, 0.5) is 4.79 Å². The second-order valence-corrected chi connectivity index (χ2v) is 5.16. The van der Waals surface area contributed by atoms with Crippen LogP contribution in [-0.4, -0.2) is 48.2 Å². The third-order valence-corrected chi connectivity index (χ3v) is 3.57. The zero-order valence-electron chi connectivity index (χ0n) is 12.0. The van der Waals surface area contributed by atoms with E-state index in [4.69, 9.17) is 5.11 Å². The van der Waals surface area contributed by atoms with Crippen LogP contribution in [0.1, 0.15) is 28.8 Å². The van der Waals surface area contributed by atoms with Gasteiger partial charge in [0.05, 0.1) is 0 Å². The van der Waals surface area contributed by atoms with E-state index in [0.717, 1.165) is 25.2 Å². The molecule has 114 valence electrons. The SMILES string of the molecule is O=C(O)NCc1ccc(C(=O)NCCN2CCCC2)cc1. The summed E-state index contributed by atoms with van der Waals surface area (Å²) >= 11 is 0. The maximum absolute atomic E-state index is 12.0. The lowest BCUT2D eigenvalue weighted by Gasteiger charge is -2.14. The highest BCUT2D eigenvalue weighted by atomic mass is 16.4. The fourth-order valence-corrected chi connectivity index (χ4v) is 2.39. The van der Waals surface area contributed by atoms with Crippen molar-refractivity contribution in [2.45, 2.75) is 19.4 Å². The van der Waals surface area contributed by atoms with Gasteiger partial charge in [0.1, 0.15) is 0 Å². The van der Waals surface area contributed by atoms with E-state index in [9.17, 15) is 9.59 Å². The first-order valence-electron chi connectivity index (χ1n) is 7.21. The first-order chi connectivity index (χ1) is 10.1. The molecule has 1 aromatic rings. The van der Waals surface area contributed by atoms with E-state index in [1.165, 1.54) is 12.8 Å². The number of hydrogen-bond donors (Lipinski definition) is 3. The number of likely N-dealkylation sites (tertiary alicyclic amines) is 1. The van der Waals surface area contributed by atoms with Gasteiger partial charge in [-0.15, -0.1) is 0 Å². The Bertz CT molecular complexity index is 481. The molecular formula is C15H21N3O3. The van der Waals surface area contributed by atoms with Gasteiger partial charge in [-0.25, -0.2) is 4.79 Å². The van der Waals surface area contributed by atoms with Gasteiger partial charge in [-0.05, 0) is 43.6 Å². The van der Waals surface area contributed by atoms with Crippen molar-refractivity contribution in [1.82, 2.24) is 15.5 Å². The first-order valence-corrected chi connectivity index (χ1v) is 7.21.